The Morgan fingerprint density at radius 2 is 1.91 bits per heavy atom. The first-order valence-electron chi connectivity index (χ1n) is 11.7. The van der Waals surface area contributed by atoms with E-state index in [0.717, 1.165) is 72.9 Å². The topological polar surface area (TPSA) is 85.9 Å². The molecule has 0 radical (unpaired) electrons. The molecule has 1 N–H and O–H groups in total. The maximum absolute atomic E-state index is 9.48. The van der Waals surface area contributed by atoms with Gasteiger partial charge in [-0.25, -0.2) is 4.98 Å². The molecular weight excluding hydrogens is 424 g/mol. The van der Waals surface area contributed by atoms with E-state index < -0.39 is 0 Å². The summed E-state index contributed by atoms with van der Waals surface area (Å²) < 4.78 is 2.12. The fraction of sp³-hybridized carbons (Fsp3) is 0.308. The highest BCUT2D eigenvalue weighted by molar-refractivity contribution is 5.95. The SMILES string of the molecule is Cc1nn(Cc2ccc(N3CCNCC3)nc2)c2c1CN(c1ccc(C#N)c3ncccc13)C2. The molecule has 8 nitrogen and oxygen atoms in total. The van der Waals surface area contributed by atoms with Crippen LogP contribution < -0.4 is 15.1 Å². The van der Waals surface area contributed by atoms with Crippen molar-refractivity contribution in [1.29, 1.82) is 5.26 Å². The highest BCUT2D eigenvalue weighted by Crippen LogP contribution is 2.35. The van der Waals surface area contributed by atoms with Gasteiger partial charge in [-0.05, 0) is 42.8 Å². The van der Waals surface area contributed by atoms with E-state index in [1.165, 1.54) is 11.3 Å². The van der Waals surface area contributed by atoms with E-state index in [-0.39, 0.29) is 0 Å². The highest BCUT2D eigenvalue weighted by atomic mass is 15.3. The molecule has 2 aliphatic heterocycles. The second-order valence-corrected chi connectivity index (χ2v) is 8.93. The summed E-state index contributed by atoms with van der Waals surface area (Å²) >= 11 is 0. The van der Waals surface area contributed by atoms with Gasteiger partial charge in [0.2, 0.25) is 0 Å². The van der Waals surface area contributed by atoms with Crippen molar-refractivity contribution in [1.82, 2.24) is 25.1 Å². The largest absolute Gasteiger partial charge is 0.361 e. The fourth-order valence-electron chi connectivity index (χ4n) is 5.07. The number of nitrogens with zero attached hydrogens (tertiary/aromatic N) is 7. The smallest absolute Gasteiger partial charge is 0.128 e. The van der Waals surface area contributed by atoms with Gasteiger partial charge in [-0.1, -0.05) is 6.07 Å². The number of anilines is 2. The van der Waals surface area contributed by atoms with Crippen LogP contribution in [0.4, 0.5) is 11.5 Å². The van der Waals surface area contributed by atoms with Crippen LogP contribution in [0.2, 0.25) is 0 Å². The highest BCUT2D eigenvalue weighted by Gasteiger charge is 2.28. The fourth-order valence-corrected chi connectivity index (χ4v) is 5.07. The molecule has 1 saturated heterocycles. The van der Waals surface area contributed by atoms with E-state index in [1.54, 1.807) is 6.20 Å². The third-order valence-electron chi connectivity index (χ3n) is 6.85. The molecule has 0 unspecified atom stereocenters. The molecule has 0 atom stereocenters. The van der Waals surface area contributed by atoms with Gasteiger partial charge in [0.1, 0.15) is 11.9 Å². The minimum Gasteiger partial charge on any atom is -0.361 e. The third kappa shape index (κ3) is 3.55. The number of nitriles is 1. The summed E-state index contributed by atoms with van der Waals surface area (Å²) in [7, 11) is 0. The molecule has 8 heteroatoms. The number of hydrogen-bond donors (Lipinski definition) is 1. The maximum atomic E-state index is 9.48. The molecule has 1 fully saturated rings. The first kappa shape index (κ1) is 20.6. The number of nitrogens with one attached hydrogen (secondary N) is 1. The summed E-state index contributed by atoms with van der Waals surface area (Å²) in [6, 6.07) is 14.4. The van der Waals surface area contributed by atoms with Gasteiger partial charge in [-0.15, -0.1) is 0 Å². The van der Waals surface area contributed by atoms with Crippen molar-refractivity contribution in [3.63, 3.8) is 0 Å². The summed E-state index contributed by atoms with van der Waals surface area (Å²) in [5.41, 5.74) is 7.21. The predicted molar refractivity (Wildman–Crippen MR) is 132 cm³/mol. The number of hydrogen-bond acceptors (Lipinski definition) is 7. The second kappa shape index (κ2) is 8.43. The zero-order chi connectivity index (χ0) is 23.1. The van der Waals surface area contributed by atoms with Crippen molar-refractivity contribution in [2.24, 2.45) is 0 Å². The van der Waals surface area contributed by atoms with Gasteiger partial charge < -0.3 is 15.1 Å². The normalized spacial score (nSPS) is 15.5. The zero-order valence-electron chi connectivity index (χ0n) is 19.2. The Labute approximate surface area is 198 Å². The van der Waals surface area contributed by atoms with Gasteiger partial charge in [-0.2, -0.15) is 10.4 Å². The quantitative estimate of drug-likeness (QED) is 0.512. The molecular formula is C26H26N8. The van der Waals surface area contributed by atoms with Crippen LogP contribution in [0, 0.1) is 18.3 Å². The average molecular weight is 451 g/mol. The number of benzene rings is 1. The van der Waals surface area contributed by atoms with Crippen LogP contribution in [0.5, 0.6) is 0 Å². The Morgan fingerprint density at radius 1 is 1.03 bits per heavy atom. The van der Waals surface area contributed by atoms with Crippen LogP contribution in [0.15, 0.2) is 48.8 Å². The van der Waals surface area contributed by atoms with Gasteiger partial charge in [0.15, 0.2) is 0 Å². The minimum atomic E-state index is 0.607. The molecule has 1 aromatic carbocycles. The molecule has 6 rings (SSSR count). The summed E-state index contributed by atoms with van der Waals surface area (Å²) in [6.07, 6.45) is 3.72. The van der Waals surface area contributed by atoms with Gasteiger partial charge in [0.05, 0.1) is 35.6 Å². The molecule has 5 heterocycles. The summed E-state index contributed by atoms with van der Waals surface area (Å²) in [6.45, 7) is 8.36. The van der Waals surface area contributed by atoms with Crippen LogP contribution in [0.25, 0.3) is 10.9 Å². The molecule has 34 heavy (non-hydrogen) atoms. The number of aryl methyl sites for hydroxylation is 1. The number of pyridine rings is 2. The summed E-state index contributed by atoms with van der Waals surface area (Å²) in [4.78, 5) is 13.9. The molecule has 0 bridgehead atoms. The lowest BCUT2D eigenvalue weighted by Gasteiger charge is -2.28. The van der Waals surface area contributed by atoms with Gasteiger partial charge in [-0.3, -0.25) is 9.67 Å². The number of rotatable bonds is 4. The van der Waals surface area contributed by atoms with Crippen molar-refractivity contribution in [3.8, 4) is 6.07 Å². The Hall–Kier alpha value is -3.96. The Balaban J connectivity index is 1.25. The first-order chi connectivity index (χ1) is 16.7. The molecule has 0 saturated carbocycles. The van der Waals surface area contributed by atoms with Crippen molar-refractivity contribution >= 4 is 22.4 Å². The lowest BCUT2D eigenvalue weighted by atomic mass is 10.1. The maximum Gasteiger partial charge on any atom is 0.128 e. The minimum absolute atomic E-state index is 0.607. The van der Waals surface area contributed by atoms with E-state index in [9.17, 15) is 5.26 Å². The summed E-state index contributed by atoms with van der Waals surface area (Å²) in [5.74, 6) is 1.04. The van der Waals surface area contributed by atoms with Crippen LogP contribution in [-0.4, -0.2) is 45.9 Å². The van der Waals surface area contributed by atoms with Gasteiger partial charge >= 0.3 is 0 Å². The standard InChI is InChI=1S/C26H26N8/c1-18-22-16-33(23-6-5-20(13-27)26-21(23)3-2-8-29-26)17-24(22)34(31-18)15-19-4-7-25(30-14-19)32-11-9-28-10-12-32/h2-8,14,28H,9-12,15-17H2,1H3. The van der Waals surface area contributed by atoms with E-state index >= 15 is 0 Å². The van der Waals surface area contributed by atoms with Crippen molar-refractivity contribution < 1.29 is 0 Å². The Morgan fingerprint density at radius 3 is 2.71 bits per heavy atom. The molecule has 170 valence electrons. The van der Waals surface area contributed by atoms with E-state index in [0.29, 0.717) is 12.1 Å². The van der Waals surface area contributed by atoms with E-state index in [4.69, 9.17) is 10.1 Å². The second-order valence-electron chi connectivity index (χ2n) is 8.93. The Kier molecular flexibility index (Phi) is 5.12. The molecule has 0 aliphatic carbocycles. The van der Waals surface area contributed by atoms with Crippen LogP contribution in [0.3, 0.4) is 0 Å². The molecule has 4 aromatic rings. The number of piperazine rings is 1. The van der Waals surface area contributed by atoms with E-state index in [1.807, 2.05) is 30.5 Å². The van der Waals surface area contributed by atoms with Crippen molar-refractivity contribution in [2.75, 3.05) is 36.0 Å². The van der Waals surface area contributed by atoms with Crippen LogP contribution in [0.1, 0.15) is 28.1 Å². The molecule has 0 spiro atoms. The summed E-state index contributed by atoms with van der Waals surface area (Å²) in [5, 5.41) is 18.7. The predicted octanol–water partition coefficient (Wildman–Crippen LogP) is 2.98. The third-order valence-corrected chi connectivity index (χ3v) is 6.85. The van der Waals surface area contributed by atoms with E-state index in [2.05, 4.69) is 49.9 Å². The number of fused-ring (bicyclic) bond motifs is 2. The van der Waals surface area contributed by atoms with Crippen molar-refractivity contribution in [2.45, 2.75) is 26.6 Å². The Bertz CT molecular complexity index is 1390. The lowest BCUT2D eigenvalue weighted by Crippen LogP contribution is -2.43. The van der Waals surface area contributed by atoms with Crippen LogP contribution in [-0.2, 0) is 19.6 Å². The van der Waals surface area contributed by atoms with Crippen LogP contribution >= 0.6 is 0 Å². The lowest BCUT2D eigenvalue weighted by molar-refractivity contribution is 0.584. The van der Waals surface area contributed by atoms with Gasteiger partial charge in [0, 0.05) is 61.8 Å². The average Bonchev–Trinajstić information content (AvgIpc) is 3.45. The monoisotopic (exact) mass is 450 g/mol. The van der Waals surface area contributed by atoms with Gasteiger partial charge in [0.25, 0.3) is 0 Å². The zero-order valence-corrected chi connectivity index (χ0v) is 19.2. The molecule has 3 aromatic heterocycles. The number of aromatic nitrogens is 4. The molecule has 0 amide bonds. The first-order valence-corrected chi connectivity index (χ1v) is 11.7. The molecule has 2 aliphatic rings. The van der Waals surface area contributed by atoms with Crippen molar-refractivity contribution in [3.05, 3.63) is 76.9 Å².